The lowest BCUT2D eigenvalue weighted by Crippen LogP contribution is -2.24. The summed E-state index contributed by atoms with van der Waals surface area (Å²) in [6, 6.07) is 36.6. The normalized spacial score (nSPS) is 11.0. The van der Waals surface area contributed by atoms with Crippen LogP contribution < -0.4 is 65.5 Å². The number of nitrogen functional groups attached to an aromatic ring is 3. The maximum atomic E-state index is 14.0. The molecule has 12 rings (SSSR count). The summed E-state index contributed by atoms with van der Waals surface area (Å²) in [7, 11) is 1.97. The van der Waals surface area contributed by atoms with E-state index in [9.17, 15) is 37.5 Å². The summed E-state index contributed by atoms with van der Waals surface area (Å²) in [4.78, 5) is 98.3. The van der Waals surface area contributed by atoms with Crippen LogP contribution in [0.1, 0.15) is 113 Å². The molecule has 6 aromatic carbocycles. The number of unbranched alkanes of at least 4 members (excludes halogenated alkanes) is 8. The second-order valence-electron chi connectivity index (χ2n) is 27.8. The van der Waals surface area contributed by atoms with Gasteiger partial charge in [0.1, 0.15) is 65.2 Å². The standard InChI is InChI=1S/C27H32FN9O3.C27H31FN8O3.C27H32N8O3/c1-17-6-11-20(28)21(15-17)33-27(39)32-19-9-7-18(8-10-19)24-23-25(29)30-16-31-26(23)37(34-24)14-4-13-36(2)12-3-5-22(38)35-40;1-17-8-13-20(28)21(15-17)33-27(38)32-19-11-9-18(10-12-19)24-23-25(29)30-16-31-26(23)36(34-24)14-6-4-2-3-5-7-22(37)35-39;1-18-8-7-9-21(16-18)32-27(37)31-20-13-11-19(12-14-20)24-23-25(28)29-17-30-26(23)35(33-24)15-6-4-2-3-5-10-22(36)34-38/h6-11,15-16,40H,3-5,12-14H2,1-2H3,(H,35,38)(H2,29,30,31)(H2,32,33,39);8-13,15-16,39H,2-7,14H2,1H3,(H,35,37)(H2,29,30,31)(H2,32,33,38);7-9,11-14,16-17,38H,2-6,10,15H2,1H3,(H,34,36)(H2,28,29,30)(H2,31,32,37). The molecule has 0 spiro atoms. The number of amides is 9. The first-order valence-corrected chi connectivity index (χ1v) is 38.1. The number of benzene rings is 6. The molecule has 0 unspecified atom stereocenters. The van der Waals surface area contributed by atoms with Crippen LogP contribution in [-0.4, -0.2) is 136 Å². The van der Waals surface area contributed by atoms with Crippen LogP contribution >= 0.6 is 0 Å². The Morgan fingerprint density at radius 3 is 1.08 bits per heavy atom. The van der Waals surface area contributed by atoms with Crippen molar-refractivity contribution < 1.29 is 53.2 Å². The Kier molecular flexibility index (Phi) is 31.1. The maximum absolute atomic E-state index is 14.0. The first kappa shape index (κ1) is 85.7. The van der Waals surface area contributed by atoms with Crippen molar-refractivity contribution in [3.05, 3.63) is 181 Å². The molecular formula is C81H95F2N25O9. The number of carbonyl (C=O) groups is 6. The predicted molar refractivity (Wildman–Crippen MR) is 443 cm³/mol. The van der Waals surface area contributed by atoms with Gasteiger partial charge >= 0.3 is 18.1 Å². The predicted octanol–water partition coefficient (Wildman–Crippen LogP) is 13.7. The number of fused-ring (bicyclic) bond motifs is 3. The molecule has 9 amide bonds. The van der Waals surface area contributed by atoms with Crippen molar-refractivity contribution in [1.29, 1.82) is 0 Å². The summed E-state index contributed by atoms with van der Waals surface area (Å²) in [5.74, 6) is -1.15. The molecule has 6 aromatic heterocycles. The van der Waals surface area contributed by atoms with Gasteiger partial charge < -0.3 is 54.0 Å². The van der Waals surface area contributed by atoms with Crippen molar-refractivity contribution in [1.82, 2.24) is 80.6 Å². The van der Waals surface area contributed by atoms with E-state index in [1.54, 1.807) is 81.8 Å². The van der Waals surface area contributed by atoms with E-state index in [-0.39, 0.29) is 35.6 Å². The third-order valence-electron chi connectivity index (χ3n) is 18.7. The quantitative estimate of drug-likeness (QED) is 0.0103. The molecule has 36 heteroatoms. The molecule has 6 heterocycles. The highest BCUT2D eigenvalue weighted by molar-refractivity contribution is 6.04. The number of nitrogens with two attached hydrogens (primary N) is 3. The van der Waals surface area contributed by atoms with E-state index >= 15 is 0 Å². The van der Waals surface area contributed by atoms with Gasteiger partial charge in [-0.25, -0.2) is 83.6 Å². The zero-order chi connectivity index (χ0) is 83.3. The Morgan fingerprint density at radius 2 is 0.701 bits per heavy atom. The van der Waals surface area contributed by atoms with Crippen LogP contribution in [0.2, 0.25) is 0 Å². The second-order valence-corrected chi connectivity index (χ2v) is 27.8. The number of hydroxylamine groups is 3. The van der Waals surface area contributed by atoms with E-state index in [0.29, 0.717) is 130 Å². The third kappa shape index (κ3) is 24.7. The van der Waals surface area contributed by atoms with E-state index in [1.807, 2.05) is 97.8 Å². The van der Waals surface area contributed by atoms with Crippen molar-refractivity contribution in [2.45, 2.75) is 137 Å². The molecular weight excluding hydrogens is 1510 g/mol. The molecule has 612 valence electrons. The smallest absolute Gasteiger partial charge is 0.323 e. The molecule has 0 aliphatic heterocycles. The molecule has 18 N–H and O–H groups in total. The average Bonchev–Trinajstić information content (AvgIpc) is 1.64. The summed E-state index contributed by atoms with van der Waals surface area (Å²) in [5, 5.41) is 58.1. The zero-order valence-electron chi connectivity index (χ0n) is 65.2. The van der Waals surface area contributed by atoms with Crippen LogP contribution in [0.25, 0.3) is 66.9 Å². The van der Waals surface area contributed by atoms with Crippen molar-refractivity contribution in [3.8, 4) is 33.8 Å². The van der Waals surface area contributed by atoms with Gasteiger partial charge in [0.15, 0.2) is 16.9 Å². The molecule has 0 fully saturated rings. The number of carbonyl (C=O) groups excluding carboxylic acids is 6. The van der Waals surface area contributed by atoms with Gasteiger partial charge in [0, 0.05) is 78.3 Å². The number of rotatable bonds is 33. The van der Waals surface area contributed by atoms with Crippen molar-refractivity contribution in [2.75, 3.05) is 69.2 Å². The van der Waals surface area contributed by atoms with Crippen molar-refractivity contribution in [3.63, 3.8) is 0 Å². The van der Waals surface area contributed by atoms with Crippen LogP contribution in [0.4, 0.5) is 74.7 Å². The maximum Gasteiger partial charge on any atom is 0.323 e. The van der Waals surface area contributed by atoms with Gasteiger partial charge in [0.05, 0.1) is 27.5 Å². The Bertz CT molecular complexity index is 5400. The fourth-order valence-electron chi connectivity index (χ4n) is 12.8. The second kappa shape index (κ2) is 42.4. The molecule has 0 aliphatic rings. The minimum Gasteiger partial charge on any atom is -0.383 e. The van der Waals surface area contributed by atoms with Crippen LogP contribution in [0.15, 0.2) is 152 Å². The van der Waals surface area contributed by atoms with Crippen LogP contribution in [-0.2, 0) is 34.0 Å². The number of halogens is 2. The van der Waals surface area contributed by atoms with Gasteiger partial charge in [-0.2, -0.15) is 15.3 Å². The molecule has 0 radical (unpaired) electrons. The van der Waals surface area contributed by atoms with Crippen LogP contribution in [0, 0.1) is 32.4 Å². The van der Waals surface area contributed by atoms with E-state index in [4.69, 9.17) is 48.1 Å². The number of anilines is 9. The monoisotopic (exact) mass is 1600 g/mol. The van der Waals surface area contributed by atoms with E-state index in [0.717, 1.165) is 116 Å². The number of hydrogen-bond acceptors (Lipinski definition) is 22. The number of nitrogens with one attached hydrogen (secondary N) is 9. The Morgan fingerprint density at radius 1 is 0.376 bits per heavy atom. The molecule has 117 heavy (non-hydrogen) atoms. The topological polar surface area (TPSA) is 483 Å². The summed E-state index contributed by atoms with van der Waals surface area (Å²) in [6.45, 7) is 8.97. The first-order chi connectivity index (χ1) is 56.5. The number of nitrogens with zero attached hydrogens (tertiary/aromatic N) is 13. The van der Waals surface area contributed by atoms with Crippen LogP contribution in [0.5, 0.6) is 0 Å². The molecule has 0 bridgehead atoms. The van der Waals surface area contributed by atoms with Crippen molar-refractivity contribution >= 4 is 120 Å². The SMILES string of the molecule is Cc1ccc(F)c(NC(=O)Nc2ccc(-c3nn(CCCCCCCC(=O)NO)c4ncnc(N)c34)cc2)c1.Cc1ccc(F)c(NC(=O)Nc2ccc(-c3nn(CCCN(C)CCCC(=O)NO)c4ncnc(N)c34)cc2)c1.Cc1cccc(NC(=O)Nc2ccc(-c3nn(CCCCCCCC(=O)NO)c4ncnc(N)c34)cc2)c1. The Hall–Kier alpha value is -13.7. The minimum absolute atomic E-state index is 0.0990. The highest BCUT2D eigenvalue weighted by Gasteiger charge is 2.22. The highest BCUT2D eigenvalue weighted by Crippen LogP contribution is 2.35. The lowest BCUT2D eigenvalue weighted by atomic mass is 10.1. The molecule has 12 aromatic rings. The molecule has 0 saturated carbocycles. The number of urea groups is 3. The summed E-state index contributed by atoms with van der Waals surface area (Å²) < 4.78 is 33.4. The largest absolute Gasteiger partial charge is 0.383 e. The third-order valence-corrected chi connectivity index (χ3v) is 18.7. The van der Waals surface area contributed by atoms with Gasteiger partial charge in [0.25, 0.3) is 0 Å². The molecule has 0 aliphatic carbocycles. The molecule has 0 atom stereocenters. The summed E-state index contributed by atoms with van der Waals surface area (Å²) in [5.41, 5.74) is 35.1. The van der Waals surface area contributed by atoms with E-state index in [1.165, 1.54) is 31.1 Å². The van der Waals surface area contributed by atoms with Gasteiger partial charge in [-0.1, -0.05) is 99.2 Å². The van der Waals surface area contributed by atoms with E-state index < -0.39 is 29.6 Å². The summed E-state index contributed by atoms with van der Waals surface area (Å²) in [6.07, 6.45) is 15.5. The van der Waals surface area contributed by atoms with Gasteiger partial charge in [-0.15, -0.1) is 0 Å². The molecule has 34 nitrogen and oxygen atoms in total. The average molecular weight is 1600 g/mol. The van der Waals surface area contributed by atoms with Gasteiger partial charge in [0.2, 0.25) is 17.7 Å². The minimum atomic E-state index is -0.564. The fraction of sp³-hybridized carbons (Fsp3) is 0.296. The zero-order valence-corrected chi connectivity index (χ0v) is 65.2. The number of hydrogen-bond donors (Lipinski definition) is 15. The van der Waals surface area contributed by atoms with Crippen LogP contribution in [0.3, 0.4) is 0 Å². The lowest BCUT2D eigenvalue weighted by molar-refractivity contribution is -0.130. The fourth-order valence-corrected chi connectivity index (χ4v) is 12.8. The lowest BCUT2D eigenvalue weighted by Gasteiger charge is -2.16. The number of aromatic nitrogens is 12. The van der Waals surface area contributed by atoms with Crippen molar-refractivity contribution in [2.24, 2.45) is 0 Å². The molecule has 0 saturated heterocycles. The number of aryl methyl sites for hydroxylation is 6. The van der Waals surface area contributed by atoms with Gasteiger partial charge in [-0.3, -0.25) is 30.0 Å². The first-order valence-electron chi connectivity index (χ1n) is 38.1. The Labute approximate surface area is 671 Å². The Balaban J connectivity index is 0.000000185. The highest BCUT2D eigenvalue weighted by atomic mass is 19.1. The van der Waals surface area contributed by atoms with Gasteiger partial charge in [-0.05, 0) is 169 Å². The van der Waals surface area contributed by atoms with E-state index in [2.05, 4.69) is 66.7 Å². The summed E-state index contributed by atoms with van der Waals surface area (Å²) >= 11 is 0.